The molecule has 0 N–H and O–H groups in total. The number of methoxy groups -OCH3 is 1. The molecule has 0 amide bonds. The van der Waals surface area contributed by atoms with Gasteiger partial charge in [-0.1, -0.05) is 84.9 Å². The van der Waals surface area contributed by atoms with Crippen LogP contribution in [0.25, 0.3) is 0 Å². The van der Waals surface area contributed by atoms with Gasteiger partial charge in [0.2, 0.25) is 0 Å². The van der Waals surface area contributed by atoms with E-state index < -0.39 is 8.30 Å². The van der Waals surface area contributed by atoms with Crippen molar-refractivity contribution in [3.63, 3.8) is 0 Å². The highest BCUT2D eigenvalue weighted by molar-refractivity contribution is 7.50. The quantitative estimate of drug-likeness (QED) is 0.157. The molecule has 0 aromatic heterocycles. The maximum atomic E-state index is 6.30. The molecule has 198 valence electrons. The van der Waals surface area contributed by atoms with Crippen molar-refractivity contribution in [3.05, 3.63) is 126 Å². The Morgan fingerprint density at radius 3 is 1.82 bits per heavy atom. The first-order valence-corrected chi connectivity index (χ1v) is 14.2. The van der Waals surface area contributed by atoms with Crippen molar-refractivity contribution in [1.82, 2.24) is 4.67 Å². The van der Waals surface area contributed by atoms with Crippen molar-refractivity contribution in [2.75, 3.05) is 20.5 Å². The maximum Gasteiger partial charge on any atom is 0.190 e. The standard InChI is InChI=1S/C32H36NO4P/c1-26(33(2)38(25-34-3)37-30-17-11-6-12-18-30)21-29-19-20-31(35-23-27-13-7-4-8-14-27)32(22-29)36-24-28-15-9-5-10-16-28/h4-20,22,26H,21,23-25H2,1-3H3. The number of rotatable bonds is 14. The summed E-state index contributed by atoms with van der Waals surface area (Å²) in [6.07, 6.45) is 1.36. The van der Waals surface area contributed by atoms with Crippen molar-refractivity contribution in [3.8, 4) is 17.2 Å². The molecule has 0 aliphatic heterocycles. The van der Waals surface area contributed by atoms with E-state index in [1.165, 1.54) is 5.56 Å². The van der Waals surface area contributed by atoms with Crippen molar-refractivity contribution in [2.24, 2.45) is 0 Å². The fraction of sp³-hybridized carbons (Fsp3) is 0.250. The summed E-state index contributed by atoms with van der Waals surface area (Å²) >= 11 is 0. The second-order valence-electron chi connectivity index (χ2n) is 9.13. The molecule has 0 aliphatic carbocycles. The van der Waals surface area contributed by atoms with E-state index in [-0.39, 0.29) is 6.04 Å². The van der Waals surface area contributed by atoms with E-state index in [4.69, 9.17) is 18.7 Å². The predicted molar refractivity (Wildman–Crippen MR) is 155 cm³/mol. The van der Waals surface area contributed by atoms with Gasteiger partial charge in [0.25, 0.3) is 0 Å². The van der Waals surface area contributed by atoms with Crippen LogP contribution >= 0.6 is 8.30 Å². The first kappa shape index (κ1) is 27.7. The van der Waals surface area contributed by atoms with Crippen molar-refractivity contribution in [2.45, 2.75) is 32.6 Å². The summed E-state index contributed by atoms with van der Waals surface area (Å²) in [6.45, 7) is 3.17. The zero-order chi connectivity index (χ0) is 26.6. The highest BCUT2D eigenvalue weighted by Crippen LogP contribution is 2.43. The van der Waals surface area contributed by atoms with E-state index in [0.29, 0.717) is 19.6 Å². The molecule has 0 saturated heterocycles. The largest absolute Gasteiger partial charge is 0.485 e. The van der Waals surface area contributed by atoms with Crippen LogP contribution < -0.4 is 14.0 Å². The van der Waals surface area contributed by atoms with Gasteiger partial charge < -0.3 is 18.7 Å². The van der Waals surface area contributed by atoms with Crippen LogP contribution in [0.4, 0.5) is 0 Å². The zero-order valence-corrected chi connectivity index (χ0v) is 23.2. The Kier molecular flexibility index (Phi) is 10.6. The van der Waals surface area contributed by atoms with Crippen molar-refractivity contribution in [1.29, 1.82) is 0 Å². The lowest BCUT2D eigenvalue weighted by Gasteiger charge is -2.32. The summed E-state index contributed by atoms with van der Waals surface area (Å²) < 4.78 is 26.5. The Balaban J connectivity index is 1.47. The molecule has 4 rings (SSSR count). The van der Waals surface area contributed by atoms with Gasteiger partial charge in [0.1, 0.15) is 25.3 Å². The predicted octanol–water partition coefficient (Wildman–Crippen LogP) is 7.70. The molecule has 0 spiro atoms. The molecule has 0 radical (unpaired) electrons. The Hall–Kier alpha value is -3.37. The Bertz CT molecular complexity index is 1220. The number of ether oxygens (including phenoxy) is 3. The highest BCUT2D eigenvalue weighted by atomic mass is 31.2. The summed E-state index contributed by atoms with van der Waals surface area (Å²) in [6, 6.07) is 36.7. The third kappa shape index (κ3) is 8.32. The van der Waals surface area contributed by atoms with Crippen LogP contribution in [0.3, 0.4) is 0 Å². The van der Waals surface area contributed by atoms with Crippen LogP contribution in [-0.4, -0.2) is 31.2 Å². The third-order valence-electron chi connectivity index (χ3n) is 6.20. The molecule has 6 heteroatoms. The normalized spacial score (nSPS) is 12.6. The monoisotopic (exact) mass is 529 g/mol. The fourth-order valence-corrected chi connectivity index (χ4v) is 5.44. The van der Waals surface area contributed by atoms with E-state index in [2.05, 4.69) is 55.0 Å². The second-order valence-corrected chi connectivity index (χ2v) is 10.9. The molecule has 0 aliphatic rings. The van der Waals surface area contributed by atoms with E-state index in [0.717, 1.165) is 34.8 Å². The number of benzene rings is 4. The summed E-state index contributed by atoms with van der Waals surface area (Å²) in [4.78, 5) is 0. The Morgan fingerprint density at radius 2 is 1.24 bits per heavy atom. The minimum absolute atomic E-state index is 0.220. The molecule has 2 unspecified atom stereocenters. The summed E-state index contributed by atoms with van der Waals surface area (Å²) in [5, 5.41) is 0. The smallest absolute Gasteiger partial charge is 0.190 e. The minimum atomic E-state index is -0.961. The van der Waals surface area contributed by atoms with E-state index in [1.807, 2.05) is 72.8 Å². The third-order valence-corrected chi connectivity index (χ3v) is 8.20. The lowest BCUT2D eigenvalue weighted by Crippen LogP contribution is -2.29. The molecule has 5 nitrogen and oxygen atoms in total. The van der Waals surface area contributed by atoms with Crippen LogP contribution in [0.2, 0.25) is 0 Å². The van der Waals surface area contributed by atoms with Gasteiger partial charge in [-0.15, -0.1) is 0 Å². The van der Waals surface area contributed by atoms with Gasteiger partial charge in [-0.25, -0.2) is 4.67 Å². The molecule has 0 bridgehead atoms. The molecule has 0 heterocycles. The second kappa shape index (κ2) is 14.5. The number of para-hydroxylation sites is 1. The van der Waals surface area contributed by atoms with Gasteiger partial charge >= 0.3 is 0 Å². The summed E-state index contributed by atoms with van der Waals surface area (Å²) in [5.41, 5.74) is 3.40. The first-order valence-electron chi connectivity index (χ1n) is 12.8. The molecule has 4 aromatic carbocycles. The average Bonchev–Trinajstić information content (AvgIpc) is 2.96. The molecular weight excluding hydrogens is 493 g/mol. The molecule has 0 fully saturated rings. The van der Waals surface area contributed by atoms with Gasteiger partial charge in [0, 0.05) is 13.2 Å². The van der Waals surface area contributed by atoms with Crippen LogP contribution in [0.15, 0.2) is 109 Å². The number of nitrogens with zero attached hydrogens (tertiary/aromatic N) is 1. The van der Waals surface area contributed by atoms with E-state index >= 15 is 0 Å². The SMILES string of the molecule is COCP(Oc1ccccc1)N(C)C(C)Cc1ccc(OCc2ccccc2)c(OCc2ccccc2)c1. The first-order chi connectivity index (χ1) is 18.6. The molecule has 2 atom stereocenters. The summed E-state index contributed by atoms with van der Waals surface area (Å²) in [7, 11) is 2.85. The topological polar surface area (TPSA) is 40.2 Å². The molecule has 4 aromatic rings. The van der Waals surface area contributed by atoms with Crippen LogP contribution in [0, 0.1) is 0 Å². The van der Waals surface area contributed by atoms with Gasteiger partial charge in [-0.3, -0.25) is 0 Å². The van der Waals surface area contributed by atoms with Crippen LogP contribution in [0.5, 0.6) is 17.2 Å². The van der Waals surface area contributed by atoms with E-state index in [9.17, 15) is 0 Å². The molecular formula is C32H36NO4P. The van der Waals surface area contributed by atoms with E-state index in [1.54, 1.807) is 7.11 Å². The van der Waals surface area contributed by atoms with Crippen molar-refractivity contribution >= 4 is 8.30 Å². The number of hydrogen-bond donors (Lipinski definition) is 0. The van der Waals surface area contributed by atoms with Gasteiger partial charge in [-0.2, -0.15) is 0 Å². The summed E-state index contributed by atoms with van der Waals surface area (Å²) in [5.74, 6) is 2.34. The average molecular weight is 530 g/mol. The van der Waals surface area contributed by atoms with Crippen molar-refractivity contribution < 1.29 is 18.7 Å². The zero-order valence-electron chi connectivity index (χ0n) is 22.3. The maximum absolute atomic E-state index is 6.30. The van der Waals surface area contributed by atoms with Crippen LogP contribution in [-0.2, 0) is 24.4 Å². The highest BCUT2D eigenvalue weighted by Gasteiger charge is 2.23. The minimum Gasteiger partial charge on any atom is -0.485 e. The van der Waals surface area contributed by atoms with Gasteiger partial charge in [0.05, 0.1) is 0 Å². The lowest BCUT2D eigenvalue weighted by molar-refractivity contribution is 0.236. The lowest BCUT2D eigenvalue weighted by atomic mass is 10.1. The van der Waals surface area contributed by atoms with Gasteiger partial charge in [0.15, 0.2) is 19.8 Å². The molecule has 38 heavy (non-hydrogen) atoms. The Morgan fingerprint density at radius 1 is 0.684 bits per heavy atom. The number of likely N-dealkylation sites (N-methyl/N-ethyl adjacent to an activating group) is 1. The number of hydrogen-bond acceptors (Lipinski definition) is 5. The van der Waals surface area contributed by atoms with Crippen LogP contribution in [0.1, 0.15) is 23.6 Å². The molecule has 0 saturated carbocycles. The fourth-order valence-electron chi connectivity index (χ4n) is 3.97. The van der Waals surface area contributed by atoms with Gasteiger partial charge in [-0.05, 0) is 61.3 Å². The Labute approximate surface area is 227 Å².